The highest BCUT2D eigenvalue weighted by molar-refractivity contribution is 5.51. The highest BCUT2D eigenvalue weighted by Gasteiger charge is 2.05. The first kappa shape index (κ1) is 15.7. The van der Waals surface area contributed by atoms with E-state index in [4.69, 9.17) is 0 Å². The Morgan fingerprint density at radius 2 is 2.12 bits per heavy atom. The van der Waals surface area contributed by atoms with Gasteiger partial charge in [0.1, 0.15) is 11.6 Å². The minimum atomic E-state index is 0.687. The first-order chi connectivity index (χ1) is 11.7. The van der Waals surface area contributed by atoms with Crippen molar-refractivity contribution in [3.8, 4) is 0 Å². The summed E-state index contributed by atoms with van der Waals surface area (Å²) in [7, 11) is 0. The van der Waals surface area contributed by atoms with E-state index in [9.17, 15) is 0 Å². The molecule has 0 unspecified atom stereocenters. The van der Waals surface area contributed by atoms with Crippen LogP contribution in [0.1, 0.15) is 16.8 Å². The van der Waals surface area contributed by atoms with Crippen molar-refractivity contribution in [1.82, 2.24) is 20.2 Å². The number of aryl methyl sites for hydroxylation is 3. The maximum atomic E-state index is 4.35. The Hall–Kier alpha value is -3.15. The van der Waals surface area contributed by atoms with Crippen LogP contribution in [0.3, 0.4) is 0 Å². The Labute approximate surface area is 141 Å². The molecule has 0 aliphatic rings. The topological polar surface area (TPSA) is 78.5 Å². The van der Waals surface area contributed by atoms with Gasteiger partial charge in [0.2, 0.25) is 0 Å². The molecular formula is C18H20N6. The average Bonchev–Trinajstić information content (AvgIpc) is 3.04. The predicted octanol–water partition coefficient (Wildman–Crippen LogP) is 3.59. The van der Waals surface area contributed by atoms with E-state index in [1.165, 1.54) is 11.1 Å². The van der Waals surface area contributed by atoms with Crippen LogP contribution in [0.4, 0.5) is 17.3 Å². The first-order valence-electron chi connectivity index (χ1n) is 7.79. The number of aromatic nitrogens is 4. The fraction of sp³-hybridized carbons (Fsp3) is 0.167. The van der Waals surface area contributed by atoms with E-state index >= 15 is 0 Å². The summed E-state index contributed by atoms with van der Waals surface area (Å²) in [6, 6.07) is 8.32. The van der Waals surface area contributed by atoms with Gasteiger partial charge in [0.15, 0.2) is 0 Å². The third-order valence-corrected chi connectivity index (χ3v) is 3.73. The quantitative estimate of drug-likeness (QED) is 0.620. The SMILES string of the molecule is C=CNc1ccc(C)c(CCc2cc(Nc3cnccn3)[nH]n2)c1. The van der Waals surface area contributed by atoms with Crippen molar-refractivity contribution in [2.24, 2.45) is 0 Å². The smallest absolute Gasteiger partial charge is 0.149 e. The number of nitrogens with one attached hydrogen (secondary N) is 3. The maximum Gasteiger partial charge on any atom is 0.149 e. The molecule has 2 aromatic heterocycles. The highest BCUT2D eigenvalue weighted by Crippen LogP contribution is 2.18. The summed E-state index contributed by atoms with van der Waals surface area (Å²) in [4.78, 5) is 8.20. The number of nitrogens with zero attached hydrogens (tertiary/aromatic N) is 3. The molecule has 0 spiro atoms. The second-order valence-electron chi connectivity index (χ2n) is 5.48. The van der Waals surface area contributed by atoms with Crippen LogP contribution < -0.4 is 10.6 Å². The van der Waals surface area contributed by atoms with E-state index in [0.29, 0.717) is 5.82 Å². The zero-order valence-electron chi connectivity index (χ0n) is 13.6. The van der Waals surface area contributed by atoms with Crippen LogP contribution in [-0.4, -0.2) is 20.2 Å². The molecule has 0 radical (unpaired) electrons. The lowest BCUT2D eigenvalue weighted by Gasteiger charge is -2.08. The van der Waals surface area contributed by atoms with E-state index < -0.39 is 0 Å². The van der Waals surface area contributed by atoms with Gasteiger partial charge in [-0.1, -0.05) is 12.6 Å². The van der Waals surface area contributed by atoms with Crippen LogP contribution in [0.15, 0.2) is 55.6 Å². The number of aromatic amines is 1. The lowest BCUT2D eigenvalue weighted by molar-refractivity contribution is 0.888. The summed E-state index contributed by atoms with van der Waals surface area (Å²) in [5.41, 5.74) is 4.63. The zero-order valence-corrected chi connectivity index (χ0v) is 13.6. The fourth-order valence-corrected chi connectivity index (χ4v) is 2.47. The molecular weight excluding hydrogens is 300 g/mol. The predicted molar refractivity (Wildman–Crippen MR) is 96.3 cm³/mol. The third kappa shape index (κ3) is 3.98. The van der Waals surface area contributed by atoms with Gasteiger partial charge in [-0.05, 0) is 49.2 Å². The third-order valence-electron chi connectivity index (χ3n) is 3.73. The van der Waals surface area contributed by atoms with Gasteiger partial charge < -0.3 is 10.6 Å². The summed E-state index contributed by atoms with van der Waals surface area (Å²) >= 11 is 0. The van der Waals surface area contributed by atoms with Crippen LogP contribution in [0.2, 0.25) is 0 Å². The fourth-order valence-electron chi connectivity index (χ4n) is 2.47. The normalized spacial score (nSPS) is 10.4. The molecule has 6 nitrogen and oxygen atoms in total. The monoisotopic (exact) mass is 320 g/mol. The van der Waals surface area contributed by atoms with Gasteiger partial charge in [0.25, 0.3) is 0 Å². The van der Waals surface area contributed by atoms with Gasteiger partial charge in [-0.25, -0.2) is 4.98 Å². The minimum Gasteiger partial charge on any atom is -0.362 e. The molecule has 0 atom stereocenters. The molecule has 3 N–H and O–H groups in total. The number of benzene rings is 1. The summed E-state index contributed by atoms with van der Waals surface area (Å²) in [5, 5.41) is 13.6. The highest BCUT2D eigenvalue weighted by atomic mass is 15.2. The van der Waals surface area contributed by atoms with E-state index in [-0.39, 0.29) is 0 Å². The lowest BCUT2D eigenvalue weighted by atomic mass is 10.0. The molecule has 0 saturated carbocycles. The summed E-state index contributed by atoms with van der Waals surface area (Å²) in [5.74, 6) is 1.50. The van der Waals surface area contributed by atoms with Crippen molar-refractivity contribution in [2.75, 3.05) is 10.6 Å². The van der Waals surface area contributed by atoms with Crippen LogP contribution in [0, 0.1) is 6.92 Å². The van der Waals surface area contributed by atoms with E-state index in [1.807, 2.05) is 6.07 Å². The minimum absolute atomic E-state index is 0.687. The summed E-state index contributed by atoms with van der Waals surface area (Å²) in [6.45, 7) is 5.82. The largest absolute Gasteiger partial charge is 0.362 e. The van der Waals surface area contributed by atoms with Gasteiger partial charge in [-0.3, -0.25) is 10.1 Å². The van der Waals surface area contributed by atoms with Crippen LogP contribution in [0.5, 0.6) is 0 Å². The molecule has 24 heavy (non-hydrogen) atoms. The molecule has 3 aromatic rings. The molecule has 122 valence electrons. The Morgan fingerprint density at radius 3 is 2.92 bits per heavy atom. The van der Waals surface area contributed by atoms with Gasteiger partial charge in [-0.15, -0.1) is 0 Å². The number of H-pyrrole nitrogens is 1. The number of hydrogen-bond donors (Lipinski definition) is 3. The van der Waals surface area contributed by atoms with Crippen molar-refractivity contribution in [2.45, 2.75) is 19.8 Å². The molecule has 6 heteroatoms. The molecule has 0 bridgehead atoms. The summed E-state index contributed by atoms with van der Waals surface area (Å²) < 4.78 is 0. The van der Waals surface area contributed by atoms with Crippen molar-refractivity contribution in [3.05, 3.63) is 72.5 Å². The standard InChI is InChI=1S/C18H20N6/c1-3-20-15-6-4-13(2)14(10-15)5-7-16-11-17(24-23-16)22-18-12-19-8-9-21-18/h3-4,6,8-12,20H,1,5,7H2,2H3,(H2,21,22,23,24). The second-order valence-corrected chi connectivity index (χ2v) is 5.48. The number of rotatable bonds is 7. The zero-order chi connectivity index (χ0) is 16.8. The Bertz CT molecular complexity index is 809. The van der Waals surface area contributed by atoms with Crippen LogP contribution >= 0.6 is 0 Å². The summed E-state index contributed by atoms with van der Waals surface area (Å²) in [6.07, 6.45) is 8.42. The molecule has 3 rings (SSSR count). The molecule has 0 aliphatic carbocycles. The number of hydrogen-bond acceptors (Lipinski definition) is 5. The van der Waals surface area contributed by atoms with E-state index in [1.54, 1.807) is 24.8 Å². The van der Waals surface area contributed by atoms with E-state index in [0.717, 1.165) is 30.0 Å². The van der Waals surface area contributed by atoms with Gasteiger partial charge in [-0.2, -0.15) is 5.10 Å². The average molecular weight is 320 g/mol. The van der Waals surface area contributed by atoms with E-state index in [2.05, 4.69) is 62.5 Å². The molecule has 0 saturated heterocycles. The molecule has 0 aliphatic heterocycles. The molecule has 0 amide bonds. The Kier molecular flexibility index (Phi) is 4.86. The van der Waals surface area contributed by atoms with Gasteiger partial charge in [0, 0.05) is 24.1 Å². The first-order valence-corrected chi connectivity index (χ1v) is 7.79. The van der Waals surface area contributed by atoms with Crippen LogP contribution in [-0.2, 0) is 12.8 Å². The van der Waals surface area contributed by atoms with Crippen molar-refractivity contribution in [3.63, 3.8) is 0 Å². The number of anilines is 3. The lowest BCUT2D eigenvalue weighted by Crippen LogP contribution is -1.96. The van der Waals surface area contributed by atoms with Crippen molar-refractivity contribution >= 4 is 17.3 Å². The van der Waals surface area contributed by atoms with Crippen molar-refractivity contribution < 1.29 is 0 Å². The molecule has 2 heterocycles. The molecule has 0 fully saturated rings. The Balaban J connectivity index is 1.63. The van der Waals surface area contributed by atoms with Gasteiger partial charge >= 0.3 is 0 Å². The second kappa shape index (κ2) is 7.41. The Morgan fingerprint density at radius 1 is 1.21 bits per heavy atom. The van der Waals surface area contributed by atoms with Gasteiger partial charge in [0.05, 0.1) is 11.9 Å². The molecule has 1 aromatic carbocycles. The van der Waals surface area contributed by atoms with Crippen molar-refractivity contribution in [1.29, 1.82) is 0 Å². The maximum absolute atomic E-state index is 4.35. The van der Waals surface area contributed by atoms with Crippen LogP contribution in [0.25, 0.3) is 0 Å².